The van der Waals surface area contributed by atoms with Crippen LogP contribution in [0.3, 0.4) is 0 Å². The van der Waals surface area contributed by atoms with Crippen molar-refractivity contribution in [3.63, 3.8) is 0 Å². The Morgan fingerprint density at radius 1 is 0.932 bits per heavy atom. The lowest BCUT2D eigenvalue weighted by atomic mass is 9.78. The van der Waals surface area contributed by atoms with Gasteiger partial charge in [-0.3, -0.25) is 9.59 Å². The number of hydrogen-bond acceptors (Lipinski definition) is 6. The molecule has 4 aromatic rings. The number of piperazine rings is 1. The second-order valence-electron chi connectivity index (χ2n) is 10.9. The van der Waals surface area contributed by atoms with Crippen molar-refractivity contribution in [3.05, 3.63) is 117 Å². The molecule has 3 heterocycles. The summed E-state index contributed by atoms with van der Waals surface area (Å²) >= 11 is 7.85. The lowest BCUT2D eigenvalue weighted by Gasteiger charge is -2.36. The molecule has 10 heteroatoms. The third-order valence-corrected chi connectivity index (χ3v) is 9.56. The standard InChI is InChI=1S/C34H33ClN4O4S/c1-43-26-14-12-25(13-15-26)37-34(42)39-30(22-7-3-2-4-8-22)29(32(40)23-9-5-10-24(35)21-23)28(27-11-6-20-44-27)31(39)33(41)38-18-16-36-17-19-38/h2-15,20-21,28-31,36H,16-19H2,1H3,(H,37,42). The highest BCUT2D eigenvalue weighted by atomic mass is 35.5. The van der Waals surface area contributed by atoms with Gasteiger partial charge in [-0.25, -0.2) is 4.79 Å². The fourth-order valence-electron chi connectivity index (χ4n) is 6.34. The number of carbonyl (C=O) groups excluding carboxylic acids is 3. The molecule has 0 spiro atoms. The van der Waals surface area contributed by atoms with Gasteiger partial charge in [-0.2, -0.15) is 0 Å². The summed E-state index contributed by atoms with van der Waals surface area (Å²) in [6, 6.07) is 25.2. The van der Waals surface area contributed by atoms with Gasteiger partial charge < -0.3 is 25.2 Å². The van der Waals surface area contributed by atoms with Gasteiger partial charge in [0.05, 0.1) is 19.1 Å². The number of anilines is 1. The van der Waals surface area contributed by atoms with Gasteiger partial charge in [0.15, 0.2) is 5.78 Å². The zero-order valence-corrected chi connectivity index (χ0v) is 25.8. The number of nitrogens with one attached hydrogen (secondary N) is 2. The van der Waals surface area contributed by atoms with Crippen LogP contribution in [-0.2, 0) is 4.79 Å². The normalized spacial score (nSPS) is 21.6. The molecule has 44 heavy (non-hydrogen) atoms. The van der Waals surface area contributed by atoms with Crippen molar-refractivity contribution in [3.8, 4) is 5.75 Å². The molecule has 6 rings (SSSR count). The third-order valence-electron chi connectivity index (χ3n) is 8.35. The van der Waals surface area contributed by atoms with E-state index >= 15 is 0 Å². The van der Waals surface area contributed by atoms with E-state index < -0.39 is 30.0 Å². The molecular weight excluding hydrogens is 596 g/mol. The summed E-state index contributed by atoms with van der Waals surface area (Å²) in [5, 5.41) is 8.71. The minimum atomic E-state index is -0.927. The maximum atomic E-state index is 14.7. The predicted octanol–water partition coefficient (Wildman–Crippen LogP) is 6.08. The zero-order valence-electron chi connectivity index (χ0n) is 24.2. The van der Waals surface area contributed by atoms with Gasteiger partial charge in [-0.15, -0.1) is 11.3 Å². The summed E-state index contributed by atoms with van der Waals surface area (Å²) in [4.78, 5) is 48.1. The summed E-state index contributed by atoms with van der Waals surface area (Å²) in [5.74, 6) is -1.03. The van der Waals surface area contributed by atoms with Gasteiger partial charge >= 0.3 is 6.03 Å². The second kappa shape index (κ2) is 13.2. The largest absolute Gasteiger partial charge is 0.497 e. The van der Waals surface area contributed by atoms with Crippen molar-refractivity contribution in [2.75, 3.05) is 38.6 Å². The molecule has 2 aliphatic heterocycles. The number of thiophene rings is 1. The first-order chi connectivity index (χ1) is 21.5. The molecule has 0 aliphatic carbocycles. The SMILES string of the molecule is COc1ccc(NC(=O)N2C(C(=O)N3CCNCC3)C(c3cccs3)C(C(=O)c3cccc(Cl)c3)C2c2ccccc2)cc1. The van der Waals surface area contributed by atoms with E-state index in [1.165, 1.54) is 11.3 Å². The van der Waals surface area contributed by atoms with Gasteiger partial charge in [0, 0.05) is 53.2 Å². The summed E-state index contributed by atoms with van der Waals surface area (Å²) < 4.78 is 5.29. The van der Waals surface area contributed by atoms with Crippen molar-refractivity contribution in [1.29, 1.82) is 0 Å². The highest BCUT2D eigenvalue weighted by molar-refractivity contribution is 7.10. The molecule has 4 unspecified atom stereocenters. The van der Waals surface area contributed by atoms with Crippen LogP contribution in [0.5, 0.6) is 5.75 Å². The Morgan fingerprint density at radius 3 is 2.34 bits per heavy atom. The van der Waals surface area contributed by atoms with Crippen LogP contribution in [0.25, 0.3) is 0 Å². The van der Waals surface area contributed by atoms with Crippen LogP contribution in [0.4, 0.5) is 10.5 Å². The van der Waals surface area contributed by atoms with Crippen LogP contribution >= 0.6 is 22.9 Å². The first kappa shape index (κ1) is 29.9. The third kappa shape index (κ3) is 5.95. The quantitative estimate of drug-likeness (QED) is 0.242. The van der Waals surface area contributed by atoms with Gasteiger partial charge in [0.25, 0.3) is 0 Å². The molecule has 0 radical (unpaired) electrons. The number of hydrogen-bond donors (Lipinski definition) is 2. The summed E-state index contributed by atoms with van der Waals surface area (Å²) in [5.41, 5.74) is 1.76. The molecule has 0 bridgehead atoms. The van der Waals surface area contributed by atoms with Crippen molar-refractivity contribution in [2.45, 2.75) is 18.0 Å². The molecule has 3 amide bonds. The zero-order chi connectivity index (χ0) is 30.6. The Hall–Kier alpha value is -4.18. The number of likely N-dealkylation sites (tertiary alicyclic amines) is 1. The number of ketones is 1. The molecular formula is C34H33ClN4O4S. The second-order valence-corrected chi connectivity index (χ2v) is 12.3. The number of ether oxygens (including phenoxy) is 1. The predicted molar refractivity (Wildman–Crippen MR) is 173 cm³/mol. The molecule has 226 valence electrons. The van der Waals surface area contributed by atoms with Crippen LogP contribution < -0.4 is 15.4 Å². The molecule has 2 aliphatic rings. The average molecular weight is 629 g/mol. The maximum Gasteiger partial charge on any atom is 0.323 e. The molecule has 2 N–H and O–H groups in total. The molecule has 2 fully saturated rings. The topological polar surface area (TPSA) is 91.0 Å². The van der Waals surface area contributed by atoms with E-state index in [1.54, 1.807) is 60.5 Å². The lowest BCUT2D eigenvalue weighted by molar-refractivity contribution is -0.136. The Kier molecular flexibility index (Phi) is 8.97. The van der Waals surface area contributed by atoms with Crippen molar-refractivity contribution in [1.82, 2.24) is 15.1 Å². The first-order valence-corrected chi connectivity index (χ1v) is 15.8. The molecule has 1 aromatic heterocycles. The van der Waals surface area contributed by atoms with Crippen LogP contribution in [0.2, 0.25) is 5.02 Å². The number of Topliss-reactive ketones (excluding diaryl/α,β-unsaturated/α-hetero) is 1. The van der Waals surface area contributed by atoms with Crippen LogP contribution in [0, 0.1) is 5.92 Å². The number of nitrogens with zero attached hydrogens (tertiary/aromatic N) is 2. The van der Waals surface area contributed by atoms with Crippen LogP contribution in [-0.4, -0.2) is 66.9 Å². The Morgan fingerprint density at radius 2 is 1.68 bits per heavy atom. The fourth-order valence-corrected chi connectivity index (χ4v) is 7.44. The van der Waals surface area contributed by atoms with Crippen molar-refractivity contribution >= 4 is 46.3 Å². The molecule has 4 atom stereocenters. The van der Waals surface area contributed by atoms with Crippen LogP contribution in [0.1, 0.15) is 32.8 Å². The molecule has 2 saturated heterocycles. The number of methoxy groups -OCH3 is 1. The first-order valence-electron chi connectivity index (χ1n) is 14.6. The van der Waals surface area contributed by atoms with Gasteiger partial charge in [-0.05, 0) is 53.4 Å². The molecule has 0 saturated carbocycles. The monoisotopic (exact) mass is 628 g/mol. The van der Waals surface area contributed by atoms with Gasteiger partial charge in [0.1, 0.15) is 11.8 Å². The lowest BCUT2D eigenvalue weighted by Crippen LogP contribution is -2.55. The summed E-state index contributed by atoms with van der Waals surface area (Å²) in [6.45, 7) is 2.35. The highest BCUT2D eigenvalue weighted by Gasteiger charge is 2.58. The van der Waals surface area contributed by atoms with Crippen molar-refractivity contribution in [2.24, 2.45) is 5.92 Å². The number of carbonyl (C=O) groups is 3. The fraction of sp³-hybridized carbons (Fsp3) is 0.265. The van der Waals surface area contributed by atoms with Gasteiger partial charge in [0.2, 0.25) is 5.91 Å². The summed E-state index contributed by atoms with van der Waals surface area (Å²) in [6.07, 6.45) is 0. The van der Waals surface area contributed by atoms with E-state index in [9.17, 15) is 14.4 Å². The maximum absolute atomic E-state index is 14.7. The van der Waals surface area contributed by atoms with E-state index in [-0.39, 0.29) is 11.7 Å². The smallest absolute Gasteiger partial charge is 0.323 e. The van der Waals surface area contributed by atoms with Gasteiger partial charge in [-0.1, -0.05) is 60.1 Å². The summed E-state index contributed by atoms with van der Waals surface area (Å²) in [7, 11) is 1.58. The average Bonchev–Trinajstić information content (AvgIpc) is 3.72. The van der Waals surface area contributed by atoms with Crippen LogP contribution in [0.15, 0.2) is 96.4 Å². The van der Waals surface area contributed by atoms with E-state index in [2.05, 4.69) is 10.6 Å². The number of halogens is 1. The van der Waals surface area contributed by atoms with E-state index in [0.717, 1.165) is 10.4 Å². The minimum Gasteiger partial charge on any atom is -0.497 e. The number of urea groups is 1. The Balaban J connectivity index is 1.52. The number of rotatable bonds is 7. The minimum absolute atomic E-state index is 0.169. The Labute approximate surface area is 265 Å². The van der Waals surface area contributed by atoms with E-state index in [0.29, 0.717) is 48.2 Å². The number of amides is 3. The molecule has 8 nitrogen and oxygen atoms in total. The highest BCUT2D eigenvalue weighted by Crippen LogP contribution is 2.52. The number of benzene rings is 3. The van der Waals surface area contributed by atoms with E-state index in [1.807, 2.05) is 52.7 Å². The van der Waals surface area contributed by atoms with E-state index in [4.69, 9.17) is 16.3 Å². The van der Waals surface area contributed by atoms with Crippen molar-refractivity contribution < 1.29 is 19.1 Å². The molecule has 3 aromatic carbocycles. The Bertz CT molecular complexity index is 1610.